The number of ether oxygens (including phenoxy) is 1. The highest BCUT2D eigenvalue weighted by molar-refractivity contribution is 7.16. The van der Waals surface area contributed by atoms with Gasteiger partial charge in [-0.3, -0.25) is 4.79 Å². The summed E-state index contributed by atoms with van der Waals surface area (Å²) >= 11 is 13.5. The Hall–Kier alpha value is -2.67. The van der Waals surface area contributed by atoms with Crippen molar-refractivity contribution in [3.8, 4) is 11.6 Å². The first kappa shape index (κ1) is 17.7. The van der Waals surface area contributed by atoms with Crippen LogP contribution in [-0.4, -0.2) is 15.9 Å². The Labute approximate surface area is 168 Å². The van der Waals surface area contributed by atoms with Crippen molar-refractivity contribution in [2.75, 3.05) is 5.32 Å². The summed E-state index contributed by atoms with van der Waals surface area (Å²) in [6.45, 7) is 0. The zero-order valence-electron chi connectivity index (χ0n) is 13.6. The average molecular weight is 416 g/mol. The molecule has 0 bridgehead atoms. The van der Waals surface area contributed by atoms with E-state index in [1.807, 2.05) is 12.1 Å². The minimum Gasteiger partial charge on any atom is -0.435 e. The van der Waals surface area contributed by atoms with Crippen LogP contribution in [0.3, 0.4) is 0 Å². The predicted molar refractivity (Wildman–Crippen MR) is 108 cm³/mol. The summed E-state index contributed by atoms with van der Waals surface area (Å²) in [5.74, 6) is 0.367. The van der Waals surface area contributed by atoms with Crippen molar-refractivity contribution < 1.29 is 9.53 Å². The third kappa shape index (κ3) is 3.88. The van der Waals surface area contributed by atoms with Crippen LogP contribution in [0.25, 0.3) is 10.2 Å². The SMILES string of the molecule is O=C(Nc1ccccc1Oc1ncc(Cl)cc1Cl)c1ccc2ncsc2c1. The zero-order chi connectivity index (χ0) is 18.8. The van der Waals surface area contributed by atoms with Crippen molar-refractivity contribution in [2.24, 2.45) is 0 Å². The van der Waals surface area contributed by atoms with Gasteiger partial charge in [0, 0.05) is 11.8 Å². The van der Waals surface area contributed by atoms with E-state index in [0.29, 0.717) is 22.0 Å². The second kappa shape index (κ2) is 7.52. The maximum Gasteiger partial charge on any atom is 0.255 e. The number of fused-ring (bicyclic) bond motifs is 1. The summed E-state index contributed by atoms with van der Waals surface area (Å²) < 4.78 is 6.71. The molecule has 5 nitrogen and oxygen atoms in total. The lowest BCUT2D eigenvalue weighted by Crippen LogP contribution is -2.12. The molecular weight excluding hydrogens is 405 g/mol. The number of amides is 1. The molecule has 0 spiro atoms. The van der Waals surface area contributed by atoms with E-state index in [9.17, 15) is 4.79 Å². The van der Waals surface area contributed by atoms with E-state index in [1.54, 1.807) is 35.8 Å². The molecule has 0 radical (unpaired) electrons. The van der Waals surface area contributed by atoms with Gasteiger partial charge in [-0.25, -0.2) is 9.97 Å². The molecule has 1 amide bonds. The van der Waals surface area contributed by atoms with E-state index in [2.05, 4.69) is 15.3 Å². The van der Waals surface area contributed by atoms with Gasteiger partial charge >= 0.3 is 0 Å². The number of carbonyl (C=O) groups is 1. The lowest BCUT2D eigenvalue weighted by molar-refractivity contribution is 0.102. The van der Waals surface area contributed by atoms with Crippen LogP contribution in [0.15, 0.2) is 60.2 Å². The number of nitrogens with zero attached hydrogens (tertiary/aromatic N) is 2. The number of halogens is 2. The number of carbonyl (C=O) groups excluding carboxylic acids is 1. The summed E-state index contributed by atoms with van der Waals surface area (Å²) in [6, 6.07) is 13.9. The normalized spacial score (nSPS) is 10.7. The Bertz CT molecular complexity index is 1150. The second-order valence-corrected chi connectivity index (χ2v) is 7.26. The van der Waals surface area contributed by atoms with Crippen molar-refractivity contribution in [3.05, 3.63) is 75.8 Å². The van der Waals surface area contributed by atoms with Crippen molar-refractivity contribution in [2.45, 2.75) is 0 Å². The lowest BCUT2D eigenvalue weighted by atomic mass is 10.2. The quantitative estimate of drug-likeness (QED) is 0.440. The third-order valence-corrected chi connectivity index (χ3v) is 4.98. The maximum absolute atomic E-state index is 12.7. The number of hydrogen-bond acceptors (Lipinski definition) is 5. The van der Waals surface area contributed by atoms with E-state index in [4.69, 9.17) is 27.9 Å². The summed E-state index contributed by atoms with van der Waals surface area (Å²) in [7, 11) is 0. The molecule has 2 aromatic carbocycles. The van der Waals surface area contributed by atoms with E-state index in [1.165, 1.54) is 23.6 Å². The van der Waals surface area contributed by atoms with E-state index in [0.717, 1.165) is 10.2 Å². The molecule has 0 saturated carbocycles. The Kier molecular flexibility index (Phi) is 4.94. The van der Waals surface area contributed by atoms with Crippen molar-refractivity contribution in [3.63, 3.8) is 0 Å². The van der Waals surface area contributed by atoms with Gasteiger partial charge in [-0.15, -0.1) is 11.3 Å². The molecular formula is C19H11Cl2N3O2S. The van der Waals surface area contributed by atoms with Gasteiger partial charge in [-0.2, -0.15) is 0 Å². The average Bonchev–Trinajstić information content (AvgIpc) is 3.13. The molecule has 0 saturated heterocycles. The van der Waals surface area contributed by atoms with Gasteiger partial charge in [-0.1, -0.05) is 35.3 Å². The highest BCUT2D eigenvalue weighted by Gasteiger charge is 2.13. The molecule has 1 N–H and O–H groups in total. The molecule has 134 valence electrons. The summed E-state index contributed by atoms with van der Waals surface area (Å²) in [6.07, 6.45) is 1.44. The second-order valence-electron chi connectivity index (χ2n) is 5.53. The smallest absolute Gasteiger partial charge is 0.255 e. The Morgan fingerprint density at radius 2 is 1.93 bits per heavy atom. The first-order chi connectivity index (χ1) is 13.1. The third-order valence-electron chi connectivity index (χ3n) is 3.71. The fourth-order valence-electron chi connectivity index (χ4n) is 2.43. The van der Waals surface area contributed by atoms with Crippen LogP contribution in [0.4, 0.5) is 5.69 Å². The fourth-order valence-corrected chi connectivity index (χ4v) is 3.57. The van der Waals surface area contributed by atoms with Gasteiger partial charge in [0.2, 0.25) is 5.88 Å². The van der Waals surface area contributed by atoms with Crippen LogP contribution < -0.4 is 10.1 Å². The highest BCUT2D eigenvalue weighted by atomic mass is 35.5. The van der Waals surface area contributed by atoms with Crippen molar-refractivity contribution >= 4 is 56.3 Å². The Morgan fingerprint density at radius 3 is 2.78 bits per heavy atom. The largest absolute Gasteiger partial charge is 0.435 e. The Morgan fingerprint density at radius 1 is 1.07 bits per heavy atom. The van der Waals surface area contributed by atoms with Crippen LogP contribution >= 0.6 is 34.5 Å². The molecule has 0 atom stereocenters. The number of nitrogens with one attached hydrogen (secondary N) is 1. The topological polar surface area (TPSA) is 64.1 Å². The minimum atomic E-state index is -0.253. The maximum atomic E-state index is 12.7. The summed E-state index contributed by atoms with van der Waals surface area (Å²) in [5, 5.41) is 3.54. The number of para-hydroxylation sites is 2. The van der Waals surface area contributed by atoms with Crippen molar-refractivity contribution in [1.82, 2.24) is 9.97 Å². The number of aromatic nitrogens is 2. The molecule has 0 aliphatic heterocycles. The van der Waals surface area contributed by atoms with Gasteiger partial charge in [0.25, 0.3) is 5.91 Å². The summed E-state index contributed by atoms with van der Waals surface area (Å²) in [5.41, 5.74) is 3.64. The molecule has 0 unspecified atom stereocenters. The van der Waals surface area contributed by atoms with Gasteiger partial charge in [0.1, 0.15) is 5.02 Å². The molecule has 0 fully saturated rings. The van der Waals surface area contributed by atoms with Crippen LogP contribution in [0.1, 0.15) is 10.4 Å². The molecule has 0 aliphatic rings. The van der Waals surface area contributed by atoms with Gasteiger partial charge in [-0.05, 0) is 36.4 Å². The van der Waals surface area contributed by atoms with E-state index >= 15 is 0 Å². The minimum absolute atomic E-state index is 0.203. The molecule has 0 aliphatic carbocycles. The molecule has 8 heteroatoms. The van der Waals surface area contributed by atoms with Crippen LogP contribution in [0.2, 0.25) is 10.0 Å². The first-order valence-corrected chi connectivity index (χ1v) is 9.46. The van der Waals surface area contributed by atoms with E-state index < -0.39 is 0 Å². The highest BCUT2D eigenvalue weighted by Crippen LogP contribution is 2.33. The molecule has 4 rings (SSSR count). The zero-order valence-corrected chi connectivity index (χ0v) is 16.0. The summed E-state index contributed by atoms with van der Waals surface area (Å²) in [4.78, 5) is 20.9. The van der Waals surface area contributed by atoms with Crippen LogP contribution in [0.5, 0.6) is 11.6 Å². The number of hydrogen-bond donors (Lipinski definition) is 1. The van der Waals surface area contributed by atoms with Gasteiger partial charge in [0.05, 0.1) is 26.4 Å². The van der Waals surface area contributed by atoms with Gasteiger partial charge in [0.15, 0.2) is 5.75 Å². The standard InChI is InChI=1S/C19H11Cl2N3O2S/c20-12-8-13(21)19(22-9-12)26-16-4-2-1-3-14(16)24-18(25)11-5-6-15-17(7-11)27-10-23-15/h1-10H,(H,24,25). The molecule has 2 heterocycles. The van der Waals surface area contributed by atoms with Crippen LogP contribution in [-0.2, 0) is 0 Å². The van der Waals surface area contributed by atoms with E-state index in [-0.39, 0.29) is 16.8 Å². The first-order valence-electron chi connectivity index (χ1n) is 7.83. The number of benzene rings is 2. The molecule has 4 aromatic rings. The number of rotatable bonds is 4. The van der Waals surface area contributed by atoms with Gasteiger partial charge < -0.3 is 10.1 Å². The Balaban J connectivity index is 1.59. The number of pyridine rings is 1. The molecule has 27 heavy (non-hydrogen) atoms. The number of anilines is 1. The predicted octanol–water partition coefficient (Wildman–Crippen LogP) is 6.04. The monoisotopic (exact) mass is 415 g/mol. The van der Waals surface area contributed by atoms with Crippen LogP contribution in [0, 0.1) is 0 Å². The number of thiazole rings is 1. The lowest BCUT2D eigenvalue weighted by Gasteiger charge is -2.12. The molecule has 2 aromatic heterocycles. The fraction of sp³-hybridized carbons (Fsp3) is 0. The van der Waals surface area contributed by atoms with Crippen molar-refractivity contribution in [1.29, 1.82) is 0 Å².